The van der Waals surface area contributed by atoms with Gasteiger partial charge in [-0.15, -0.1) is 0 Å². The van der Waals surface area contributed by atoms with Crippen LogP contribution in [-0.4, -0.2) is 33.5 Å². The van der Waals surface area contributed by atoms with E-state index in [1.807, 2.05) is 0 Å². The second kappa shape index (κ2) is 9.59. The topological polar surface area (TPSA) is 101 Å². The van der Waals surface area contributed by atoms with Crippen molar-refractivity contribution in [2.45, 2.75) is 30.7 Å². The third-order valence-corrected chi connectivity index (χ3v) is 5.06. The molecule has 1 atom stereocenters. The summed E-state index contributed by atoms with van der Waals surface area (Å²) in [6, 6.07) is 12.2. The molecule has 8 heteroatoms. The van der Waals surface area contributed by atoms with Gasteiger partial charge in [0.05, 0.1) is 10.9 Å². The van der Waals surface area contributed by atoms with Crippen molar-refractivity contribution in [2.24, 2.45) is 5.14 Å². The maximum atomic E-state index is 12.8. The highest BCUT2D eigenvalue weighted by Crippen LogP contribution is 2.09. The molecule has 0 spiro atoms. The average Bonchev–Trinajstić information content (AvgIpc) is 2.63. The second-order valence-electron chi connectivity index (χ2n) is 6.28. The van der Waals surface area contributed by atoms with Gasteiger partial charge < -0.3 is 10.6 Å². The monoisotopic (exact) mass is 393 g/mol. The molecule has 4 N–H and O–H groups in total. The van der Waals surface area contributed by atoms with Crippen molar-refractivity contribution in [1.29, 1.82) is 0 Å². The first-order valence-electron chi connectivity index (χ1n) is 8.63. The Labute approximate surface area is 159 Å². The van der Waals surface area contributed by atoms with Crippen molar-refractivity contribution >= 4 is 15.9 Å². The highest BCUT2D eigenvalue weighted by Gasteiger charge is 2.11. The summed E-state index contributed by atoms with van der Waals surface area (Å²) in [5, 5.41) is 11.0. The van der Waals surface area contributed by atoms with Gasteiger partial charge in [-0.2, -0.15) is 0 Å². The lowest BCUT2D eigenvalue weighted by Crippen LogP contribution is -2.43. The third-order valence-electron chi connectivity index (χ3n) is 4.14. The molecule has 2 rings (SSSR count). The molecule has 2 aromatic carbocycles. The van der Waals surface area contributed by atoms with Crippen LogP contribution in [0.2, 0.25) is 0 Å². The number of sulfonamides is 1. The lowest BCUT2D eigenvalue weighted by atomic mass is 10.1. The number of primary sulfonamides is 1. The largest absolute Gasteiger partial charge is 0.354 e. The first kappa shape index (κ1) is 21.0. The Morgan fingerprint density at radius 3 is 2.07 bits per heavy atom. The summed E-state index contributed by atoms with van der Waals surface area (Å²) in [5.41, 5.74) is 1.90. The third kappa shape index (κ3) is 7.09. The summed E-state index contributed by atoms with van der Waals surface area (Å²) in [6.07, 6.45) is 1.28. The zero-order valence-corrected chi connectivity index (χ0v) is 15.9. The lowest BCUT2D eigenvalue weighted by molar-refractivity contribution is -0.122. The van der Waals surface area contributed by atoms with Crippen LogP contribution >= 0.6 is 0 Å². The molecule has 0 radical (unpaired) electrons. The Morgan fingerprint density at radius 2 is 1.52 bits per heavy atom. The number of nitrogens with one attached hydrogen (secondary N) is 2. The van der Waals surface area contributed by atoms with Gasteiger partial charge in [-0.3, -0.25) is 4.79 Å². The van der Waals surface area contributed by atoms with Crippen molar-refractivity contribution in [3.8, 4) is 0 Å². The van der Waals surface area contributed by atoms with Crippen LogP contribution in [0.25, 0.3) is 0 Å². The van der Waals surface area contributed by atoms with Crippen molar-refractivity contribution in [1.82, 2.24) is 10.6 Å². The van der Waals surface area contributed by atoms with Gasteiger partial charge in [0, 0.05) is 6.54 Å². The Balaban J connectivity index is 1.69. The number of carbonyl (C=O) groups excluding carboxylic acids is 1. The van der Waals surface area contributed by atoms with Gasteiger partial charge in [-0.05, 0) is 61.7 Å². The Hall–Kier alpha value is -2.29. The van der Waals surface area contributed by atoms with Crippen molar-refractivity contribution in [2.75, 3.05) is 13.1 Å². The number of hydrogen-bond donors (Lipinski definition) is 3. The van der Waals surface area contributed by atoms with Crippen LogP contribution in [-0.2, 0) is 27.7 Å². The van der Waals surface area contributed by atoms with Gasteiger partial charge in [-0.1, -0.05) is 24.3 Å². The number of carbonyl (C=O) groups is 1. The molecule has 0 aliphatic rings. The quantitative estimate of drug-likeness (QED) is 0.599. The van der Waals surface area contributed by atoms with E-state index in [4.69, 9.17) is 5.14 Å². The molecule has 6 nitrogen and oxygen atoms in total. The fraction of sp³-hybridized carbons (Fsp3) is 0.316. The molecule has 146 valence electrons. The van der Waals surface area contributed by atoms with Gasteiger partial charge in [-0.25, -0.2) is 17.9 Å². The molecule has 27 heavy (non-hydrogen) atoms. The minimum Gasteiger partial charge on any atom is -0.354 e. The smallest absolute Gasteiger partial charge is 0.238 e. The number of rotatable bonds is 9. The van der Waals surface area contributed by atoms with E-state index in [0.29, 0.717) is 25.9 Å². The van der Waals surface area contributed by atoms with Crippen LogP contribution in [0, 0.1) is 5.82 Å². The first-order valence-corrected chi connectivity index (χ1v) is 10.2. The molecule has 0 aliphatic carbocycles. The molecule has 0 saturated carbocycles. The SMILES string of the molecule is C[C@@H](NCCc1ccc(S(N)(=O)=O)cc1)C(=O)NCCc1ccc(F)cc1. The number of halogens is 1. The molecule has 0 heterocycles. The molecular formula is C19H24FN3O3S. The molecule has 0 unspecified atom stereocenters. The summed E-state index contributed by atoms with van der Waals surface area (Å²) < 4.78 is 35.3. The van der Waals surface area contributed by atoms with Crippen molar-refractivity contribution in [3.63, 3.8) is 0 Å². The van der Waals surface area contributed by atoms with Crippen LogP contribution in [0.4, 0.5) is 4.39 Å². The molecule has 0 aromatic heterocycles. The number of benzene rings is 2. The van der Waals surface area contributed by atoms with Gasteiger partial charge in [0.15, 0.2) is 0 Å². The number of amides is 1. The summed E-state index contributed by atoms with van der Waals surface area (Å²) in [7, 11) is -3.68. The fourth-order valence-electron chi connectivity index (χ4n) is 2.51. The maximum Gasteiger partial charge on any atom is 0.238 e. The van der Waals surface area contributed by atoms with Crippen LogP contribution in [0.1, 0.15) is 18.1 Å². The minimum atomic E-state index is -3.68. The predicted octanol–water partition coefficient (Wildman–Crippen LogP) is 1.35. The van der Waals surface area contributed by atoms with Gasteiger partial charge in [0.25, 0.3) is 0 Å². The first-order chi connectivity index (χ1) is 12.8. The highest BCUT2D eigenvalue weighted by atomic mass is 32.2. The van der Waals surface area contributed by atoms with E-state index >= 15 is 0 Å². The van der Waals surface area contributed by atoms with E-state index in [0.717, 1.165) is 11.1 Å². The Kier molecular flexibility index (Phi) is 7.46. The molecule has 0 aliphatic heterocycles. The number of hydrogen-bond acceptors (Lipinski definition) is 4. The Morgan fingerprint density at radius 1 is 1.00 bits per heavy atom. The van der Waals surface area contributed by atoms with Crippen molar-refractivity contribution < 1.29 is 17.6 Å². The lowest BCUT2D eigenvalue weighted by Gasteiger charge is -2.14. The van der Waals surface area contributed by atoms with Crippen LogP contribution in [0.15, 0.2) is 53.4 Å². The normalized spacial score (nSPS) is 12.6. The summed E-state index contributed by atoms with van der Waals surface area (Å²) >= 11 is 0. The van der Waals surface area contributed by atoms with E-state index in [1.54, 1.807) is 31.2 Å². The molecule has 0 bridgehead atoms. The summed E-state index contributed by atoms with van der Waals surface area (Å²) in [6.45, 7) is 2.82. The molecule has 1 amide bonds. The average molecular weight is 393 g/mol. The van der Waals surface area contributed by atoms with Gasteiger partial charge in [0.1, 0.15) is 5.82 Å². The predicted molar refractivity (Wildman–Crippen MR) is 102 cm³/mol. The van der Waals surface area contributed by atoms with Crippen LogP contribution in [0.5, 0.6) is 0 Å². The zero-order valence-electron chi connectivity index (χ0n) is 15.1. The summed E-state index contributed by atoms with van der Waals surface area (Å²) in [4.78, 5) is 12.1. The Bertz CT molecular complexity index is 853. The van der Waals surface area contributed by atoms with E-state index in [-0.39, 0.29) is 22.7 Å². The summed E-state index contributed by atoms with van der Waals surface area (Å²) in [5.74, 6) is -0.387. The van der Waals surface area contributed by atoms with E-state index in [9.17, 15) is 17.6 Å². The standard InChI is InChI=1S/C19H24FN3O3S/c1-14(19(24)23-13-11-15-2-6-17(20)7-3-15)22-12-10-16-4-8-18(9-5-16)27(21,25)26/h2-9,14,22H,10-13H2,1H3,(H,23,24)(H2,21,25,26)/t14-/m1/s1. The van der Waals surface area contributed by atoms with Gasteiger partial charge in [0.2, 0.25) is 15.9 Å². The van der Waals surface area contributed by atoms with Crippen molar-refractivity contribution in [3.05, 3.63) is 65.5 Å². The number of nitrogens with two attached hydrogens (primary N) is 1. The van der Waals surface area contributed by atoms with E-state index in [1.165, 1.54) is 24.3 Å². The molecule has 0 fully saturated rings. The van der Waals surface area contributed by atoms with E-state index in [2.05, 4.69) is 10.6 Å². The van der Waals surface area contributed by atoms with Crippen LogP contribution in [0.3, 0.4) is 0 Å². The minimum absolute atomic E-state index is 0.0770. The molecular weight excluding hydrogens is 369 g/mol. The zero-order chi connectivity index (χ0) is 19.9. The second-order valence-corrected chi connectivity index (χ2v) is 7.84. The van der Waals surface area contributed by atoms with Gasteiger partial charge >= 0.3 is 0 Å². The highest BCUT2D eigenvalue weighted by molar-refractivity contribution is 7.89. The van der Waals surface area contributed by atoms with E-state index < -0.39 is 10.0 Å². The van der Waals surface area contributed by atoms with Crippen LogP contribution < -0.4 is 15.8 Å². The molecule has 2 aromatic rings. The fourth-order valence-corrected chi connectivity index (χ4v) is 3.02. The molecule has 0 saturated heterocycles. The maximum absolute atomic E-state index is 12.8.